The van der Waals surface area contributed by atoms with Crippen LogP contribution in [0, 0.1) is 5.92 Å². The molecule has 2 aromatic carbocycles. The number of rotatable bonds is 4. The molecule has 5 nitrogen and oxygen atoms in total. The Morgan fingerprint density at radius 2 is 1.35 bits per heavy atom. The lowest BCUT2D eigenvalue weighted by Gasteiger charge is -2.21. The van der Waals surface area contributed by atoms with Gasteiger partial charge in [-0.25, -0.2) is 16.8 Å². The number of fused-ring (bicyclic) bond motifs is 1. The Hall–Kier alpha value is -2.51. The van der Waals surface area contributed by atoms with E-state index in [1.165, 1.54) is 12.1 Å². The summed E-state index contributed by atoms with van der Waals surface area (Å²) in [6.07, 6.45) is 0.877. The maximum atomic E-state index is 13.6. The van der Waals surface area contributed by atoms with Gasteiger partial charge in [0, 0.05) is 5.92 Å². The van der Waals surface area contributed by atoms with Gasteiger partial charge in [0.2, 0.25) is 9.84 Å². The summed E-state index contributed by atoms with van der Waals surface area (Å²) in [5, 5.41) is -0.942. The van der Waals surface area contributed by atoms with E-state index < -0.39 is 30.8 Å². The summed E-state index contributed by atoms with van der Waals surface area (Å²) in [6.45, 7) is 3.29. The fourth-order valence-electron chi connectivity index (χ4n) is 4.66. The van der Waals surface area contributed by atoms with Crippen molar-refractivity contribution in [1.82, 2.24) is 0 Å². The van der Waals surface area contributed by atoms with Crippen molar-refractivity contribution in [3.05, 3.63) is 82.3 Å². The maximum absolute atomic E-state index is 13.6. The Balaban J connectivity index is 1.96. The third-order valence-corrected chi connectivity index (χ3v) is 10.3. The standard InChI is InChI=1S/C24H24O5S2/c1-16-22-20(30(26,27)18-10-5-3-6-11-18)14-9-15-21(23(22)17(2)24(16)25)31(28,29)19-12-7-4-8-13-19/h3-8,10-13,16,21H,9,14-15H2,1-2H3. The van der Waals surface area contributed by atoms with Crippen LogP contribution in [0.1, 0.15) is 33.1 Å². The van der Waals surface area contributed by atoms with E-state index >= 15 is 0 Å². The molecule has 2 aromatic rings. The lowest BCUT2D eigenvalue weighted by molar-refractivity contribution is -0.117. The molecule has 0 bridgehead atoms. The molecule has 0 radical (unpaired) electrons. The van der Waals surface area contributed by atoms with Crippen molar-refractivity contribution in [3.63, 3.8) is 0 Å². The summed E-state index contributed by atoms with van der Waals surface area (Å²) in [4.78, 5) is 13.4. The zero-order valence-corrected chi connectivity index (χ0v) is 19.0. The molecule has 4 rings (SSSR count). The number of Topliss-reactive ketones (excluding diaryl/α,β-unsaturated/α-hetero) is 1. The highest BCUT2D eigenvalue weighted by atomic mass is 32.2. The van der Waals surface area contributed by atoms with E-state index in [0.717, 1.165) is 0 Å². The number of carbonyl (C=O) groups excluding carboxylic acids is 1. The zero-order valence-electron chi connectivity index (χ0n) is 17.4. The molecule has 2 atom stereocenters. The molecular formula is C24H24O5S2. The van der Waals surface area contributed by atoms with Gasteiger partial charge >= 0.3 is 0 Å². The van der Waals surface area contributed by atoms with Gasteiger partial charge in [-0.05, 0) is 67.2 Å². The molecule has 2 aliphatic rings. The van der Waals surface area contributed by atoms with Crippen LogP contribution in [0.5, 0.6) is 0 Å². The lowest BCUT2D eigenvalue weighted by Crippen LogP contribution is -2.24. The van der Waals surface area contributed by atoms with Gasteiger partial charge < -0.3 is 0 Å². The van der Waals surface area contributed by atoms with Crippen molar-refractivity contribution in [2.45, 2.75) is 48.2 Å². The van der Waals surface area contributed by atoms with Crippen molar-refractivity contribution in [2.24, 2.45) is 5.92 Å². The van der Waals surface area contributed by atoms with Gasteiger partial charge in [-0.15, -0.1) is 0 Å². The molecular weight excluding hydrogens is 432 g/mol. The van der Waals surface area contributed by atoms with Crippen molar-refractivity contribution in [1.29, 1.82) is 0 Å². The van der Waals surface area contributed by atoms with Crippen LogP contribution in [0.15, 0.2) is 92.1 Å². The second kappa shape index (κ2) is 7.88. The molecule has 0 saturated heterocycles. The first-order valence-corrected chi connectivity index (χ1v) is 13.3. The van der Waals surface area contributed by atoms with Gasteiger partial charge in [0.25, 0.3) is 0 Å². The molecule has 0 heterocycles. The monoisotopic (exact) mass is 456 g/mol. The molecule has 0 saturated carbocycles. The SMILES string of the molecule is CC1=C2C(=C(S(=O)(=O)c3ccccc3)CCCC2S(=O)(=O)c2ccccc2)C(C)C1=O. The highest BCUT2D eigenvalue weighted by Gasteiger charge is 2.45. The normalized spacial score (nSPS) is 22.5. The van der Waals surface area contributed by atoms with E-state index in [2.05, 4.69) is 0 Å². The Bertz CT molecular complexity index is 1300. The second-order valence-corrected chi connectivity index (χ2v) is 12.1. The van der Waals surface area contributed by atoms with Gasteiger partial charge in [-0.3, -0.25) is 4.79 Å². The zero-order chi connectivity index (χ0) is 22.4. The highest BCUT2D eigenvalue weighted by Crippen LogP contribution is 2.47. The van der Waals surface area contributed by atoms with Crippen molar-refractivity contribution in [2.75, 3.05) is 0 Å². The van der Waals surface area contributed by atoms with E-state index in [4.69, 9.17) is 0 Å². The number of sulfone groups is 2. The van der Waals surface area contributed by atoms with Crippen LogP contribution in [-0.4, -0.2) is 27.9 Å². The summed E-state index contributed by atoms with van der Waals surface area (Å²) in [5.41, 5.74) is 1.12. The molecule has 2 unspecified atom stereocenters. The Kier molecular flexibility index (Phi) is 5.52. The van der Waals surface area contributed by atoms with Gasteiger partial charge in [-0.1, -0.05) is 43.3 Å². The van der Waals surface area contributed by atoms with Crippen LogP contribution in [0.3, 0.4) is 0 Å². The van der Waals surface area contributed by atoms with Crippen LogP contribution in [0.4, 0.5) is 0 Å². The van der Waals surface area contributed by atoms with E-state index in [9.17, 15) is 21.6 Å². The van der Waals surface area contributed by atoms with Gasteiger partial charge in [0.15, 0.2) is 15.6 Å². The molecule has 0 spiro atoms. The fourth-order valence-corrected chi connectivity index (χ4v) is 8.41. The molecule has 0 aromatic heterocycles. The van der Waals surface area contributed by atoms with Crippen LogP contribution in [-0.2, 0) is 24.5 Å². The molecule has 7 heteroatoms. The summed E-state index contributed by atoms with van der Waals surface area (Å²) in [5.74, 6) is -0.893. The van der Waals surface area contributed by atoms with E-state index in [-0.39, 0.29) is 33.3 Å². The minimum Gasteiger partial charge on any atom is -0.294 e. The minimum absolute atomic E-state index is 0.158. The summed E-state index contributed by atoms with van der Waals surface area (Å²) >= 11 is 0. The Morgan fingerprint density at radius 3 is 1.94 bits per heavy atom. The average molecular weight is 457 g/mol. The number of ketones is 1. The number of hydrogen-bond donors (Lipinski definition) is 0. The second-order valence-electron chi connectivity index (χ2n) is 8.02. The fraction of sp³-hybridized carbons (Fsp3) is 0.292. The smallest absolute Gasteiger partial charge is 0.203 e. The summed E-state index contributed by atoms with van der Waals surface area (Å²) in [6, 6.07) is 16.3. The average Bonchev–Trinajstić information content (AvgIpc) is 2.93. The van der Waals surface area contributed by atoms with Crippen molar-refractivity contribution < 1.29 is 21.6 Å². The van der Waals surface area contributed by atoms with Gasteiger partial charge in [0.05, 0.1) is 19.9 Å². The predicted molar refractivity (Wildman–Crippen MR) is 119 cm³/mol. The van der Waals surface area contributed by atoms with Crippen molar-refractivity contribution in [3.8, 4) is 0 Å². The topological polar surface area (TPSA) is 85.3 Å². The molecule has 0 aliphatic heterocycles. The van der Waals surface area contributed by atoms with Crippen LogP contribution < -0.4 is 0 Å². The third-order valence-electron chi connectivity index (χ3n) is 6.21. The lowest BCUT2D eigenvalue weighted by atomic mass is 9.98. The molecule has 0 N–H and O–H groups in total. The number of allylic oxidation sites excluding steroid dienone is 3. The summed E-state index contributed by atoms with van der Waals surface area (Å²) < 4.78 is 54.2. The third kappa shape index (κ3) is 3.49. The summed E-state index contributed by atoms with van der Waals surface area (Å²) in [7, 11) is -7.65. The number of carbonyl (C=O) groups is 1. The van der Waals surface area contributed by atoms with E-state index in [1.54, 1.807) is 62.4 Å². The van der Waals surface area contributed by atoms with Crippen LogP contribution >= 0.6 is 0 Å². The number of benzene rings is 2. The first kappa shape index (κ1) is 21.7. The van der Waals surface area contributed by atoms with Gasteiger partial charge in [-0.2, -0.15) is 0 Å². The van der Waals surface area contributed by atoms with E-state index in [0.29, 0.717) is 23.1 Å². The first-order valence-electron chi connectivity index (χ1n) is 10.2. The molecule has 2 aliphatic carbocycles. The van der Waals surface area contributed by atoms with E-state index in [1.807, 2.05) is 0 Å². The quantitative estimate of drug-likeness (QED) is 0.686. The Labute approximate surface area is 183 Å². The number of hydrogen-bond acceptors (Lipinski definition) is 5. The van der Waals surface area contributed by atoms with Crippen molar-refractivity contribution >= 4 is 25.5 Å². The largest absolute Gasteiger partial charge is 0.294 e. The van der Waals surface area contributed by atoms with Gasteiger partial charge in [0.1, 0.15) is 0 Å². The Morgan fingerprint density at radius 1 is 0.806 bits per heavy atom. The molecule has 0 fully saturated rings. The van der Waals surface area contributed by atoms with Crippen LogP contribution in [0.25, 0.3) is 0 Å². The minimum atomic E-state index is -3.85. The first-order chi connectivity index (χ1) is 14.7. The maximum Gasteiger partial charge on any atom is 0.203 e. The molecule has 31 heavy (non-hydrogen) atoms. The molecule has 162 valence electrons. The molecule has 0 amide bonds. The highest BCUT2D eigenvalue weighted by molar-refractivity contribution is 7.95. The van der Waals surface area contributed by atoms with Crippen LogP contribution in [0.2, 0.25) is 0 Å². The predicted octanol–water partition coefficient (Wildman–Crippen LogP) is 4.28.